The average Bonchev–Trinajstić information content (AvgIpc) is 2.89. The van der Waals surface area contributed by atoms with Gasteiger partial charge in [0.25, 0.3) is 11.8 Å². The van der Waals surface area contributed by atoms with Crippen molar-refractivity contribution in [3.8, 4) is 5.75 Å². The van der Waals surface area contributed by atoms with Gasteiger partial charge in [-0.3, -0.25) is 14.5 Å². The molecule has 0 unspecified atom stereocenters. The van der Waals surface area contributed by atoms with Crippen molar-refractivity contribution in [2.24, 2.45) is 0 Å². The smallest absolute Gasteiger partial charge is 0.296 e. The second kappa shape index (κ2) is 5.82. The average molecular weight is 341 g/mol. The summed E-state index contributed by atoms with van der Waals surface area (Å²) in [6.07, 6.45) is 3.02. The van der Waals surface area contributed by atoms with Gasteiger partial charge < -0.3 is 4.74 Å². The molecule has 2 amide bonds. The predicted molar refractivity (Wildman–Crippen MR) is 90.6 cm³/mol. The Morgan fingerprint density at radius 3 is 2.24 bits per heavy atom. The number of imide groups is 1. The van der Waals surface area contributed by atoms with Crippen LogP contribution >= 0.6 is 0 Å². The van der Waals surface area contributed by atoms with Gasteiger partial charge in [-0.15, -0.1) is 10.3 Å². The largest absolute Gasteiger partial charge is 0.451 e. The summed E-state index contributed by atoms with van der Waals surface area (Å²) in [5.74, 6) is -0.447. The van der Waals surface area contributed by atoms with E-state index in [4.69, 9.17) is 4.74 Å². The molecule has 1 aromatic carbocycles. The number of carbonyl (C=O) groups excluding carboxylic acids is 2. The van der Waals surface area contributed by atoms with E-state index in [1.54, 1.807) is 38.1 Å². The Kier molecular flexibility index (Phi) is 4.05. The molecule has 3 rings (SSSR count). The Labute approximate surface area is 146 Å². The molecular weight excluding hydrogens is 320 g/mol. The van der Waals surface area contributed by atoms with Crippen molar-refractivity contribution in [1.82, 2.24) is 9.96 Å². The molecule has 6 heteroatoms. The van der Waals surface area contributed by atoms with Crippen LogP contribution in [0.5, 0.6) is 5.75 Å². The molecule has 1 radical (unpaired) electrons. The number of carbonyl (C=O) groups is 2. The van der Waals surface area contributed by atoms with Gasteiger partial charge in [0.2, 0.25) is 0 Å². The Bertz CT molecular complexity index is 778. The normalized spacial score (nSPS) is 22.2. The van der Waals surface area contributed by atoms with Crippen LogP contribution in [0.25, 0.3) is 0 Å². The highest BCUT2D eigenvalue weighted by molar-refractivity contribution is 6.15. The van der Waals surface area contributed by atoms with E-state index in [2.05, 4.69) is 0 Å². The molecule has 0 aromatic heterocycles. The van der Waals surface area contributed by atoms with Crippen molar-refractivity contribution >= 4 is 11.8 Å². The molecule has 0 saturated carbocycles. The third kappa shape index (κ3) is 2.99. The summed E-state index contributed by atoms with van der Waals surface area (Å²) in [6.45, 7) is 7.28. The van der Waals surface area contributed by atoms with Crippen molar-refractivity contribution in [1.29, 1.82) is 0 Å². The van der Waals surface area contributed by atoms with Crippen LogP contribution in [0.15, 0.2) is 53.8 Å². The van der Waals surface area contributed by atoms with Crippen LogP contribution < -0.4 is 4.74 Å². The topological polar surface area (TPSA) is 69.8 Å². The van der Waals surface area contributed by atoms with Crippen molar-refractivity contribution in [2.45, 2.75) is 38.8 Å². The molecule has 2 aliphatic rings. The Balaban J connectivity index is 1.77. The lowest BCUT2D eigenvalue weighted by Gasteiger charge is -2.34. The van der Waals surface area contributed by atoms with Gasteiger partial charge in [0.05, 0.1) is 23.7 Å². The second-order valence-electron chi connectivity index (χ2n) is 7.33. The van der Waals surface area contributed by atoms with E-state index in [0.29, 0.717) is 5.75 Å². The van der Waals surface area contributed by atoms with Gasteiger partial charge in [-0.2, -0.15) is 0 Å². The van der Waals surface area contributed by atoms with Crippen molar-refractivity contribution in [3.63, 3.8) is 0 Å². The fourth-order valence-corrected chi connectivity index (χ4v) is 3.25. The van der Waals surface area contributed by atoms with Crippen LogP contribution in [0.3, 0.4) is 0 Å². The van der Waals surface area contributed by atoms with E-state index < -0.39 is 22.9 Å². The van der Waals surface area contributed by atoms with Crippen LogP contribution in [0.2, 0.25) is 0 Å². The Morgan fingerprint density at radius 1 is 1.04 bits per heavy atom. The number of para-hydroxylation sites is 1. The molecule has 25 heavy (non-hydrogen) atoms. The maximum atomic E-state index is 12.6. The van der Waals surface area contributed by atoms with E-state index in [0.717, 1.165) is 15.5 Å². The lowest BCUT2D eigenvalue weighted by atomic mass is 9.96. The SMILES string of the molecule is CC1(C)C=C(CN2C(=O)C=C(Oc3ccccc3)C2=O)C(C)(C)N1[O]. The first-order chi connectivity index (χ1) is 11.6. The van der Waals surface area contributed by atoms with Gasteiger partial charge in [-0.25, -0.2) is 0 Å². The minimum Gasteiger partial charge on any atom is -0.451 e. The number of nitrogens with zero attached hydrogens (tertiary/aromatic N) is 2. The van der Waals surface area contributed by atoms with Gasteiger partial charge >= 0.3 is 0 Å². The standard InChI is InChI=1S/C19H21N2O4/c1-18(2)11-13(19(3,4)21(18)24)12-20-16(22)10-15(17(20)23)25-14-8-6-5-7-9-14/h5-11H,12H2,1-4H3. The summed E-state index contributed by atoms with van der Waals surface area (Å²) < 4.78 is 5.52. The Hall–Kier alpha value is -2.44. The maximum Gasteiger partial charge on any atom is 0.296 e. The lowest BCUT2D eigenvalue weighted by molar-refractivity contribution is -0.238. The summed E-state index contributed by atoms with van der Waals surface area (Å²) in [7, 11) is 0. The quantitative estimate of drug-likeness (QED) is 0.623. The maximum absolute atomic E-state index is 12.6. The zero-order chi connectivity index (χ0) is 18.4. The van der Waals surface area contributed by atoms with E-state index >= 15 is 0 Å². The van der Waals surface area contributed by atoms with Crippen LogP contribution in [-0.4, -0.2) is 39.4 Å². The zero-order valence-corrected chi connectivity index (χ0v) is 14.8. The first-order valence-corrected chi connectivity index (χ1v) is 8.13. The minimum absolute atomic E-state index is 0.00848. The van der Waals surface area contributed by atoms with Crippen LogP contribution in [0.4, 0.5) is 0 Å². The first-order valence-electron chi connectivity index (χ1n) is 8.13. The molecule has 0 saturated heterocycles. The highest BCUT2D eigenvalue weighted by Gasteiger charge is 2.48. The molecule has 0 bridgehead atoms. The number of hydroxylamine groups is 2. The fourth-order valence-electron chi connectivity index (χ4n) is 3.25. The number of benzene rings is 1. The fraction of sp³-hybridized carbons (Fsp3) is 0.368. The summed E-state index contributed by atoms with van der Waals surface area (Å²) >= 11 is 0. The molecule has 0 spiro atoms. The number of rotatable bonds is 4. The monoisotopic (exact) mass is 341 g/mol. The highest BCUT2D eigenvalue weighted by atomic mass is 16.5. The van der Waals surface area contributed by atoms with Crippen LogP contribution in [-0.2, 0) is 14.8 Å². The highest BCUT2D eigenvalue weighted by Crippen LogP contribution is 2.39. The molecule has 0 atom stereocenters. The van der Waals surface area contributed by atoms with Gasteiger partial charge in [-0.1, -0.05) is 24.3 Å². The summed E-state index contributed by atoms with van der Waals surface area (Å²) in [5.41, 5.74) is -0.724. The number of hydrogen-bond donors (Lipinski definition) is 0. The molecule has 2 aliphatic heterocycles. The molecule has 1 aromatic rings. The number of amides is 2. The van der Waals surface area contributed by atoms with Gasteiger partial charge in [-0.05, 0) is 45.4 Å². The summed E-state index contributed by atoms with van der Waals surface area (Å²) in [6, 6.07) is 8.82. The molecule has 6 nitrogen and oxygen atoms in total. The number of ether oxygens (including phenoxy) is 1. The van der Waals surface area contributed by atoms with Gasteiger partial charge in [0.1, 0.15) is 5.75 Å². The van der Waals surface area contributed by atoms with E-state index in [-0.39, 0.29) is 12.3 Å². The van der Waals surface area contributed by atoms with E-state index in [1.165, 1.54) is 6.08 Å². The molecule has 0 fully saturated rings. The lowest BCUT2D eigenvalue weighted by Crippen LogP contribution is -2.48. The third-order valence-corrected chi connectivity index (χ3v) is 4.62. The second-order valence-corrected chi connectivity index (χ2v) is 7.33. The van der Waals surface area contributed by atoms with Crippen molar-refractivity contribution in [2.75, 3.05) is 6.54 Å². The molecule has 0 aliphatic carbocycles. The molecule has 0 N–H and O–H groups in total. The van der Waals surface area contributed by atoms with Gasteiger partial charge in [0, 0.05) is 0 Å². The van der Waals surface area contributed by atoms with Crippen LogP contribution in [0.1, 0.15) is 27.7 Å². The summed E-state index contributed by atoms with van der Waals surface area (Å²) in [4.78, 5) is 25.9. The minimum atomic E-state index is -0.785. The Morgan fingerprint density at radius 2 is 1.68 bits per heavy atom. The molecule has 2 heterocycles. The molecular formula is C19H21N2O4. The third-order valence-electron chi connectivity index (χ3n) is 4.62. The summed E-state index contributed by atoms with van der Waals surface area (Å²) in [5, 5.41) is 13.4. The number of hydrogen-bond acceptors (Lipinski definition) is 4. The molecule has 131 valence electrons. The first kappa shape index (κ1) is 17.4. The van der Waals surface area contributed by atoms with Crippen molar-refractivity contribution < 1.29 is 19.5 Å². The van der Waals surface area contributed by atoms with Crippen molar-refractivity contribution in [3.05, 3.63) is 53.8 Å². The van der Waals surface area contributed by atoms with Gasteiger partial charge in [0.15, 0.2) is 5.76 Å². The van der Waals surface area contributed by atoms with E-state index in [1.807, 2.05) is 26.0 Å². The predicted octanol–water partition coefficient (Wildman–Crippen LogP) is 2.46. The van der Waals surface area contributed by atoms with E-state index in [9.17, 15) is 14.8 Å². The zero-order valence-electron chi connectivity index (χ0n) is 14.8. The van der Waals surface area contributed by atoms with Crippen LogP contribution in [0, 0.1) is 0 Å².